The summed E-state index contributed by atoms with van der Waals surface area (Å²) in [6.45, 7) is 0.669. The van der Waals surface area contributed by atoms with E-state index in [1.165, 1.54) is 11.0 Å². The van der Waals surface area contributed by atoms with Crippen LogP contribution in [0.5, 0.6) is 11.5 Å². The second-order valence-electron chi connectivity index (χ2n) is 6.55. The zero-order valence-electron chi connectivity index (χ0n) is 16.3. The lowest BCUT2D eigenvalue weighted by molar-refractivity contribution is -0.120. The first kappa shape index (κ1) is 20.9. The second kappa shape index (κ2) is 9.15. The Bertz CT molecular complexity index is 1010. The molecule has 0 aliphatic rings. The van der Waals surface area contributed by atoms with E-state index in [0.29, 0.717) is 34.4 Å². The molecule has 3 aromatic rings. The fraction of sp³-hybridized carbons (Fsp3) is 0.300. The summed E-state index contributed by atoms with van der Waals surface area (Å²) >= 11 is 1.06. The quantitative estimate of drug-likeness (QED) is 0.557. The van der Waals surface area contributed by atoms with Crippen molar-refractivity contribution in [2.75, 3.05) is 45.8 Å². The highest BCUT2D eigenvalue weighted by Crippen LogP contribution is 2.31. The van der Waals surface area contributed by atoms with Crippen LogP contribution in [0.15, 0.2) is 36.4 Å². The smallest absolute Gasteiger partial charge is 0.266 e. The lowest BCUT2D eigenvalue weighted by atomic mass is 10.3. The van der Waals surface area contributed by atoms with Gasteiger partial charge in [-0.2, -0.15) is 0 Å². The fourth-order valence-electron chi connectivity index (χ4n) is 2.60. The fourth-order valence-corrected chi connectivity index (χ4v) is 3.65. The molecule has 0 saturated carbocycles. The summed E-state index contributed by atoms with van der Waals surface area (Å²) in [5.74, 6) is -0.673. The number of aromatic nitrogens is 1. The second-order valence-corrected chi connectivity index (χ2v) is 7.56. The minimum atomic E-state index is -0.755. The van der Waals surface area contributed by atoms with E-state index in [0.717, 1.165) is 17.4 Å². The zero-order chi connectivity index (χ0) is 21.0. The summed E-state index contributed by atoms with van der Waals surface area (Å²) in [7, 11) is 5.30. The normalized spacial score (nSPS) is 11.1. The van der Waals surface area contributed by atoms with Crippen LogP contribution in [0.4, 0.5) is 13.9 Å². The summed E-state index contributed by atoms with van der Waals surface area (Å²) in [6, 6.07) is 8.91. The molecule has 1 amide bonds. The molecule has 0 aliphatic heterocycles. The van der Waals surface area contributed by atoms with Gasteiger partial charge in [-0.1, -0.05) is 17.4 Å². The van der Waals surface area contributed by atoms with E-state index in [1.807, 2.05) is 19.0 Å². The van der Waals surface area contributed by atoms with E-state index in [1.54, 1.807) is 31.4 Å². The molecular weight excluding hydrogens is 400 g/mol. The Balaban J connectivity index is 1.82. The van der Waals surface area contributed by atoms with Crippen LogP contribution in [0, 0.1) is 11.6 Å². The van der Waals surface area contributed by atoms with Crippen molar-refractivity contribution in [1.29, 1.82) is 0 Å². The van der Waals surface area contributed by atoms with E-state index >= 15 is 0 Å². The number of hydrogen-bond donors (Lipinski definition) is 0. The van der Waals surface area contributed by atoms with Gasteiger partial charge < -0.3 is 14.4 Å². The van der Waals surface area contributed by atoms with Crippen LogP contribution in [-0.2, 0) is 4.79 Å². The van der Waals surface area contributed by atoms with Crippen molar-refractivity contribution in [2.45, 2.75) is 0 Å². The molecule has 1 aromatic heterocycles. The molecule has 0 fully saturated rings. The lowest BCUT2D eigenvalue weighted by Crippen LogP contribution is -2.39. The number of fused-ring (bicyclic) bond motifs is 1. The number of thiazole rings is 1. The average molecular weight is 421 g/mol. The van der Waals surface area contributed by atoms with Gasteiger partial charge in [-0.15, -0.1) is 0 Å². The summed E-state index contributed by atoms with van der Waals surface area (Å²) in [5, 5.41) is 0.297. The first-order valence-corrected chi connectivity index (χ1v) is 9.66. The molecule has 0 N–H and O–H groups in total. The molecular formula is C20H21F2N3O3S. The standard InChI is InChI=1S/C20H21F2N3O3S/c1-24(2)7-8-25(18(26)12-28-15-6-4-5-14(11-15)27-3)20-23-19-16(22)9-13(21)10-17(19)29-20/h4-6,9-11H,7-8,12H2,1-3H3. The van der Waals surface area contributed by atoms with Gasteiger partial charge in [0.25, 0.3) is 5.91 Å². The topological polar surface area (TPSA) is 54.9 Å². The third-order valence-corrected chi connectivity index (χ3v) is 5.13. The van der Waals surface area contributed by atoms with E-state index in [4.69, 9.17) is 9.47 Å². The highest BCUT2D eigenvalue weighted by atomic mass is 32.1. The molecule has 0 unspecified atom stereocenters. The van der Waals surface area contributed by atoms with Crippen LogP contribution in [0.3, 0.4) is 0 Å². The van der Waals surface area contributed by atoms with Crippen LogP contribution in [0.1, 0.15) is 0 Å². The van der Waals surface area contributed by atoms with Gasteiger partial charge in [0, 0.05) is 25.2 Å². The van der Waals surface area contributed by atoms with Gasteiger partial charge in [0.2, 0.25) is 0 Å². The van der Waals surface area contributed by atoms with Crippen LogP contribution in [0.2, 0.25) is 0 Å². The maximum Gasteiger partial charge on any atom is 0.266 e. The average Bonchev–Trinajstić information content (AvgIpc) is 3.10. The highest BCUT2D eigenvalue weighted by Gasteiger charge is 2.22. The maximum absolute atomic E-state index is 14.0. The predicted octanol–water partition coefficient (Wildman–Crippen LogP) is 3.56. The van der Waals surface area contributed by atoms with Gasteiger partial charge in [-0.05, 0) is 32.3 Å². The number of benzene rings is 2. The van der Waals surface area contributed by atoms with Crippen molar-refractivity contribution in [3.63, 3.8) is 0 Å². The molecule has 0 spiro atoms. The van der Waals surface area contributed by atoms with Gasteiger partial charge >= 0.3 is 0 Å². The first-order valence-electron chi connectivity index (χ1n) is 8.85. The molecule has 1 heterocycles. The third kappa shape index (κ3) is 5.18. The van der Waals surface area contributed by atoms with Crippen LogP contribution >= 0.6 is 11.3 Å². The molecule has 29 heavy (non-hydrogen) atoms. The number of carbonyl (C=O) groups excluding carboxylic acids is 1. The molecule has 0 saturated heterocycles. The van der Waals surface area contributed by atoms with Gasteiger partial charge in [0.15, 0.2) is 17.6 Å². The molecule has 0 atom stereocenters. The number of nitrogens with zero attached hydrogens (tertiary/aromatic N) is 3. The number of methoxy groups -OCH3 is 1. The molecule has 0 bridgehead atoms. The van der Waals surface area contributed by atoms with E-state index in [-0.39, 0.29) is 18.0 Å². The lowest BCUT2D eigenvalue weighted by Gasteiger charge is -2.22. The monoisotopic (exact) mass is 421 g/mol. The number of hydrogen-bond acceptors (Lipinski definition) is 6. The van der Waals surface area contributed by atoms with E-state index < -0.39 is 11.6 Å². The van der Waals surface area contributed by atoms with Gasteiger partial charge in [-0.25, -0.2) is 13.8 Å². The summed E-state index contributed by atoms with van der Waals surface area (Å²) in [5.41, 5.74) is 0.0442. The Hall–Kier alpha value is -2.78. The largest absolute Gasteiger partial charge is 0.497 e. The first-order chi connectivity index (χ1) is 13.9. The number of ether oxygens (including phenoxy) is 2. The van der Waals surface area contributed by atoms with Crippen molar-refractivity contribution in [1.82, 2.24) is 9.88 Å². The number of rotatable bonds is 8. The van der Waals surface area contributed by atoms with Gasteiger partial charge in [0.05, 0.1) is 11.8 Å². The highest BCUT2D eigenvalue weighted by molar-refractivity contribution is 7.22. The predicted molar refractivity (Wildman–Crippen MR) is 109 cm³/mol. The van der Waals surface area contributed by atoms with Crippen molar-refractivity contribution in [3.05, 3.63) is 48.0 Å². The number of carbonyl (C=O) groups is 1. The van der Waals surface area contributed by atoms with Crippen LogP contribution < -0.4 is 14.4 Å². The maximum atomic E-state index is 14.0. The number of halogens is 2. The number of amides is 1. The summed E-state index contributed by atoms with van der Waals surface area (Å²) in [4.78, 5) is 20.4. The Morgan fingerprint density at radius 2 is 1.90 bits per heavy atom. The Labute approximate surface area is 171 Å². The van der Waals surface area contributed by atoms with Crippen molar-refractivity contribution in [3.8, 4) is 11.5 Å². The summed E-state index contributed by atoms with van der Waals surface area (Å²) in [6.07, 6.45) is 0. The molecule has 3 rings (SSSR count). The van der Waals surface area contributed by atoms with Crippen molar-refractivity contribution in [2.24, 2.45) is 0 Å². The molecule has 154 valence electrons. The third-order valence-electron chi connectivity index (χ3n) is 4.11. The zero-order valence-corrected chi connectivity index (χ0v) is 17.1. The van der Waals surface area contributed by atoms with Gasteiger partial charge in [0.1, 0.15) is 22.8 Å². The molecule has 0 aliphatic carbocycles. The molecule has 0 radical (unpaired) electrons. The van der Waals surface area contributed by atoms with Crippen LogP contribution in [-0.4, -0.2) is 56.7 Å². The Morgan fingerprint density at radius 3 is 2.62 bits per heavy atom. The van der Waals surface area contributed by atoms with Crippen molar-refractivity contribution < 1.29 is 23.0 Å². The molecule has 6 nitrogen and oxygen atoms in total. The number of likely N-dealkylation sites (N-methyl/N-ethyl adjacent to an activating group) is 1. The van der Waals surface area contributed by atoms with Gasteiger partial charge in [-0.3, -0.25) is 9.69 Å². The number of anilines is 1. The minimum Gasteiger partial charge on any atom is -0.497 e. The minimum absolute atomic E-state index is 0.0442. The summed E-state index contributed by atoms with van der Waals surface area (Å²) < 4.78 is 38.6. The van der Waals surface area contributed by atoms with E-state index in [2.05, 4.69) is 4.98 Å². The Kier molecular flexibility index (Phi) is 6.60. The van der Waals surface area contributed by atoms with E-state index in [9.17, 15) is 13.6 Å². The molecule has 9 heteroatoms. The van der Waals surface area contributed by atoms with Crippen LogP contribution in [0.25, 0.3) is 10.2 Å². The SMILES string of the molecule is COc1cccc(OCC(=O)N(CCN(C)C)c2nc3c(F)cc(F)cc3s2)c1. The Morgan fingerprint density at radius 1 is 1.14 bits per heavy atom. The molecule has 2 aromatic carbocycles. The van der Waals surface area contributed by atoms with Crippen molar-refractivity contribution >= 4 is 32.6 Å².